The molecule has 0 bridgehead atoms. The summed E-state index contributed by atoms with van der Waals surface area (Å²) in [6.07, 6.45) is 4.47. The molecule has 1 aromatic heterocycles. The largest absolute Gasteiger partial charge is 0.376 e. The molecular weight excluding hydrogens is 202 g/mol. The van der Waals surface area contributed by atoms with Crippen molar-refractivity contribution in [2.75, 3.05) is 18.5 Å². The average Bonchev–Trinajstić information content (AvgIpc) is 2.79. The molecule has 4 heteroatoms. The van der Waals surface area contributed by atoms with Crippen LogP contribution in [0.4, 0.5) is 5.82 Å². The number of rotatable bonds is 4. The number of hydrogen-bond acceptors (Lipinski definition) is 4. The summed E-state index contributed by atoms with van der Waals surface area (Å²) in [5, 5.41) is 3.31. The van der Waals surface area contributed by atoms with Crippen LogP contribution in [0.3, 0.4) is 0 Å². The van der Waals surface area contributed by atoms with Crippen LogP contribution < -0.4 is 5.32 Å². The molecule has 0 aliphatic carbocycles. The van der Waals surface area contributed by atoms with Gasteiger partial charge in [-0.1, -0.05) is 13.8 Å². The Morgan fingerprint density at radius 1 is 1.56 bits per heavy atom. The molecule has 1 aromatic rings. The molecule has 2 heterocycles. The van der Waals surface area contributed by atoms with Crippen LogP contribution in [0.1, 0.15) is 38.4 Å². The highest BCUT2D eigenvalue weighted by Gasteiger charge is 2.15. The van der Waals surface area contributed by atoms with E-state index in [0.29, 0.717) is 12.0 Å². The molecule has 1 aliphatic rings. The number of anilines is 1. The fourth-order valence-electron chi connectivity index (χ4n) is 1.77. The van der Waals surface area contributed by atoms with Crippen molar-refractivity contribution in [3.05, 3.63) is 18.1 Å². The summed E-state index contributed by atoms with van der Waals surface area (Å²) in [5.41, 5.74) is 0. The van der Waals surface area contributed by atoms with Gasteiger partial charge in [0.15, 0.2) is 0 Å². The molecule has 0 aromatic carbocycles. The van der Waals surface area contributed by atoms with Gasteiger partial charge in [-0.05, 0) is 18.9 Å². The van der Waals surface area contributed by atoms with Crippen LogP contribution in [0.2, 0.25) is 0 Å². The molecule has 0 spiro atoms. The Morgan fingerprint density at radius 3 is 3.12 bits per heavy atom. The van der Waals surface area contributed by atoms with E-state index in [1.165, 1.54) is 6.42 Å². The zero-order valence-corrected chi connectivity index (χ0v) is 9.94. The Bertz CT molecular complexity index is 335. The van der Waals surface area contributed by atoms with Crippen LogP contribution >= 0.6 is 0 Å². The van der Waals surface area contributed by atoms with Crippen molar-refractivity contribution in [1.82, 2.24) is 9.97 Å². The first-order valence-electron chi connectivity index (χ1n) is 5.94. The Morgan fingerprint density at radius 2 is 2.44 bits per heavy atom. The zero-order chi connectivity index (χ0) is 11.4. The highest BCUT2D eigenvalue weighted by atomic mass is 16.5. The Labute approximate surface area is 96.4 Å². The number of nitrogens with zero attached hydrogens (tertiary/aromatic N) is 2. The number of hydrogen-bond donors (Lipinski definition) is 1. The second kappa shape index (κ2) is 5.25. The standard InChI is InChI=1S/C12H19N3O/c1-9(2)12-13-6-5-11(15-12)14-8-10-4-3-7-16-10/h5-6,9-10H,3-4,7-8H2,1-2H3,(H,13,14,15)/t10-/m1/s1. The van der Waals surface area contributed by atoms with Crippen molar-refractivity contribution in [3.63, 3.8) is 0 Å². The van der Waals surface area contributed by atoms with E-state index in [2.05, 4.69) is 29.1 Å². The molecule has 0 amide bonds. The summed E-state index contributed by atoms with van der Waals surface area (Å²) in [4.78, 5) is 8.69. The molecule has 16 heavy (non-hydrogen) atoms. The Kier molecular flexibility index (Phi) is 3.72. The van der Waals surface area contributed by atoms with E-state index in [-0.39, 0.29) is 0 Å². The van der Waals surface area contributed by atoms with E-state index in [0.717, 1.165) is 31.2 Å². The highest BCUT2D eigenvalue weighted by Crippen LogP contribution is 2.14. The number of ether oxygens (including phenoxy) is 1. The second-order valence-electron chi connectivity index (χ2n) is 4.47. The van der Waals surface area contributed by atoms with Gasteiger partial charge in [0.05, 0.1) is 6.10 Å². The fourth-order valence-corrected chi connectivity index (χ4v) is 1.77. The van der Waals surface area contributed by atoms with Gasteiger partial charge in [0.1, 0.15) is 11.6 Å². The van der Waals surface area contributed by atoms with E-state index in [9.17, 15) is 0 Å². The van der Waals surface area contributed by atoms with E-state index >= 15 is 0 Å². The van der Waals surface area contributed by atoms with Crippen LogP contribution in [-0.4, -0.2) is 29.2 Å². The van der Waals surface area contributed by atoms with E-state index in [4.69, 9.17) is 4.74 Å². The van der Waals surface area contributed by atoms with Crippen LogP contribution in [-0.2, 0) is 4.74 Å². The van der Waals surface area contributed by atoms with Gasteiger partial charge in [-0.3, -0.25) is 0 Å². The average molecular weight is 221 g/mol. The maximum atomic E-state index is 5.55. The van der Waals surface area contributed by atoms with Crippen molar-refractivity contribution >= 4 is 5.82 Å². The topological polar surface area (TPSA) is 47.0 Å². The third-order valence-corrected chi connectivity index (χ3v) is 2.73. The lowest BCUT2D eigenvalue weighted by molar-refractivity contribution is 0.120. The van der Waals surface area contributed by atoms with Crippen molar-refractivity contribution in [2.24, 2.45) is 0 Å². The van der Waals surface area contributed by atoms with Crippen LogP contribution in [0.15, 0.2) is 12.3 Å². The molecule has 0 unspecified atom stereocenters. The van der Waals surface area contributed by atoms with Gasteiger partial charge in [0, 0.05) is 25.3 Å². The van der Waals surface area contributed by atoms with E-state index in [1.807, 2.05) is 6.07 Å². The van der Waals surface area contributed by atoms with Gasteiger partial charge < -0.3 is 10.1 Å². The number of nitrogens with one attached hydrogen (secondary N) is 1. The molecule has 4 nitrogen and oxygen atoms in total. The van der Waals surface area contributed by atoms with Gasteiger partial charge in [0.25, 0.3) is 0 Å². The molecule has 0 saturated carbocycles. The predicted octanol–water partition coefficient (Wildman–Crippen LogP) is 2.19. The number of aromatic nitrogens is 2. The fraction of sp³-hybridized carbons (Fsp3) is 0.667. The second-order valence-corrected chi connectivity index (χ2v) is 4.47. The first-order valence-corrected chi connectivity index (χ1v) is 5.94. The first kappa shape index (κ1) is 11.3. The molecular formula is C12H19N3O. The van der Waals surface area contributed by atoms with Crippen LogP contribution in [0, 0.1) is 0 Å². The van der Waals surface area contributed by atoms with Crippen LogP contribution in [0.25, 0.3) is 0 Å². The van der Waals surface area contributed by atoms with E-state index < -0.39 is 0 Å². The highest BCUT2D eigenvalue weighted by molar-refractivity contribution is 5.33. The first-order chi connectivity index (χ1) is 7.75. The van der Waals surface area contributed by atoms with Crippen molar-refractivity contribution in [1.29, 1.82) is 0 Å². The molecule has 2 rings (SSSR count). The Hall–Kier alpha value is -1.16. The van der Waals surface area contributed by atoms with Crippen molar-refractivity contribution < 1.29 is 4.74 Å². The van der Waals surface area contributed by atoms with Crippen LogP contribution in [0.5, 0.6) is 0 Å². The third kappa shape index (κ3) is 2.92. The van der Waals surface area contributed by atoms with Gasteiger partial charge in [-0.25, -0.2) is 9.97 Å². The zero-order valence-electron chi connectivity index (χ0n) is 9.94. The summed E-state index contributed by atoms with van der Waals surface area (Å²) in [5.74, 6) is 2.15. The molecule has 1 saturated heterocycles. The smallest absolute Gasteiger partial charge is 0.133 e. The molecule has 0 radical (unpaired) electrons. The summed E-state index contributed by atoms with van der Waals surface area (Å²) in [7, 11) is 0. The minimum Gasteiger partial charge on any atom is -0.376 e. The van der Waals surface area contributed by atoms with Gasteiger partial charge in [0.2, 0.25) is 0 Å². The summed E-state index contributed by atoms with van der Waals surface area (Å²) in [6.45, 7) is 5.93. The quantitative estimate of drug-likeness (QED) is 0.846. The molecule has 1 atom stereocenters. The summed E-state index contributed by atoms with van der Waals surface area (Å²) >= 11 is 0. The molecule has 1 N–H and O–H groups in total. The lowest BCUT2D eigenvalue weighted by Gasteiger charge is -2.12. The SMILES string of the molecule is CC(C)c1nccc(NC[C@H]2CCCO2)n1. The lowest BCUT2D eigenvalue weighted by Crippen LogP contribution is -2.19. The minimum absolute atomic E-state index is 0.345. The monoisotopic (exact) mass is 221 g/mol. The minimum atomic E-state index is 0.345. The molecule has 1 fully saturated rings. The normalized spacial score (nSPS) is 20.3. The summed E-state index contributed by atoms with van der Waals surface area (Å²) < 4.78 is 5.55. The molecule has 88 valence electrons. The molecule has 1 aliphatic heterocycles. The third-order valence-electron chi connectivity index (χ3n) is 2.73. The van der Waals surface area contributed by atoms with E-state index in [1.54, 1.807) is 6.20 Å². The predicted molar refractivity (Wildman–Crippen MR) is 63.6 cm³/mol. The maximum absolute atomic E-state index is 5.55. The van der Waals surface area contributed by atoms with Crippen molar-refractivity contribution in [3.8, 4) is 0 Å². The van der Waals surface area contributed by atoms with Gasteiger partial charge in [-0.15, -0.1) is 0 Å². The Balaban J connectivity index is 1.90. The summed E-state index contributed by atoms with van der Waals surface area (Å²) in [6, 6.07) is 1.90. The van der Waals surface area contributed by atoms with Crippen molar-refractivity contribution in [2.45, 2.75) is 38.7 Å². The lowest BCUT2D eigenvalue weighted by atomic mass is 10.2. The maximum Gasteiger partial charge on any atom is 0.133 e. The van der Waals surface area contributed by atoms with Gasteiger partial charge in [-0.2, -0.15) is 0 Å². The van der Waals surface area contributed by atoms with Gasteiger partial charge >= 0.3 is 0 Å².